The molecular formula is C13H18N2O4S. The highest BCUT2D eigenvalue weighted by Gasteiger charge is 2.41. The number of sulfonamides is 1. The number of aryl methyl sites for hydroxylation is 1. The molecule has 1 aliphatic heterocycles. The summed E-state index contributed by atoms with van der Waals surface area (Å²) in [6, 6.07) is 6.59. The number of morpholine rings is 1. The summed E-state index contributed by atoms with van der Waals surface area (Å²) < 4.78 is 31.6. The molecule has 1 aromatic carbocycles. The van der Waals surface area contributed by atoms with E-state index in [1.54, 1.807) is 24.3 Å². The quantitative estimate of drug-likeness (QED) is 0.866. The molecule has 1 saturated heterocycles. The topological polar surface area (TPSA) is 89.7 Å². The molecule has 1 aromatic rings. The van der Waals surface area contributed by atoms with Crippen LogP contribution in [0.3, 0.4) is 0 Å². The van der Waals surface area contributed by atoms with Gasteiger partial charge in [0, 0.05) is 6.54 Å². The highest BCUT2D eigenvalue weighted by Crippen LogP contribution is 2.24. The fraction of sp³-hybridized carbons (Fsp3) is 0.462. The third kappa shape index (κ3) is 2.70. The number of hydrogen-bond donors (Lipinski definition) is 1. The number of amides is 1. The van der Waals surface area contributed by atoms with Crippen LogP contribution in [0.4, 0.5) is 0 Å². The van der Waals surface area contributed by atoms with Gasteiger partial charge in [-0.25, -0.2) is 8.42 Å². The van der Waals surface area contributed by atoms with E-state index >= 15 is 0 Å². The third-order valence-corrected chi connectivity index (χ3v) is 5.28. The zero-order valence-corrected chi connectivity index (χ0v) is 12.3. The predicted molar refractivity (Wildman–Crippen MR) is 73.5 cm³/mol. The number of rotatable bonds is 3. The Hall–Kier alpha value is -1.44. The second-order valence-electron chi connectivity index (χ2n) is 5.10. The molecule has 0 aliphatic carbocycles. The normalized spacial score (nSPS) is 24.5. The van der Waals surface area contributed by atoms with E-state index in [1.807, 2.05) is 6.92 Å². The Labute approximate surface area is 118 Å². The molecule has 2 N–H and O–H groups in total. The average molecular weight is 298 g/mol. The van der Waals surface area contributed by atoms with Gasteiger partial charge in [0.2, 0.25) is 10.0 Å². The van der Waals surface area contributed by atoms with E-state index in [0.29, 0.717) is 0 Å². The van der Waals surface area contributed by atoms with E-state index in [9.17, 15) is 13.2 Å². The molecule has 20 heavy (non-hydrogen) atoms. The van der Waals surface area contributed by atoms with Gasteiger partial charge in [0.05, 0.1) is 18.0 Å². The molecule has 0 spiro atoms. The van der Waals surface area contributed by atoms with Crippen molar-refractivity contribution < 1.29 is 17.9 Å². The number of benzene rings is 1. The Balaban J connectivity index is 2.30. The molecule has 0 aromatic heterocycles. The van der Waals surface area contributed by atoms with Gasteiger partial charge in [-0.3, -0.25) is 4.79 Å². The molecule has 0 saturated carbocycles. The van der Waals surface area contributed by atoms with Crippen LogP contribution in [0.1, 0.15) is 12.5 Å². The maximum absolute atomic E-state index is 12.5. The fourth-order valence-electron chi connectivity index (χ4n) is 2.05. The minimum absolute atomic E-state index is 0.0709. The maximum Gasteiger partial charge on any atom is 0.250 e. The lowest BCUT2D eigenvalue weighted by Gasteiger charge is -2.37. The van der Waals surface area contributed by atoms with Crippen LogP contribution in [-0.2, 0) is 19.6 Å². The lowest BCUT2D eigenvalue weighted by Crippen LogP contribution is -2.58. The van der Waals surface area contributed by atoms with Crippen LogP contribution in [0, 0.1) is 6.92 Å². The van der Waals surface area contributed by atoms with Crippen LogP contribution >= 0.6 is 0 Å². The molecule has 1 atom stereocenters. The number of nitrogens with two attached hydrogens (primary N) is 1. The average Bonchev–Trinajstić information content (AvgIpc) is 2.39. The van der Waals surface area contributed by atoms with E-state index in [0.717, 1.165) is 5.56 Å². The van der Waals surface area contributed by atoms with Crippen molar-refractivity contribution in [3.05, 3.63) is 29.8 Å². The zero-order chi connectivity index (χ0) is 15.0. The first-order valence-corrected chi connectivity index (χ1v) is 7.70. The number of primary amides is 1. The first-order chi connectivity index (χ1) is 9.25. The summed E-state index contributed by atoms with van der Waals surface area (Å²) in [5.74, 6) is -0.665. The van der Waals surface area contributed by atoms with Gasteiger partial charge in [-0.1, -0.05) is 17.7 Å². The van der Waals surface area contributed by atoms with E-state index in [4.69, 9.17) is 10.5 Å². The number of carbonyl (C=O) groups is 1. The number of nitrogens with zero attached hydrogens (tertiary/aromatic N) is 1. The van der Waals surface area contributed by atoms with Crippen molar-refractivity contribution in [2.75, 3.05) is 19.7 Å². The Morgan fingerprint density at radius 3 is 2.50 bits per heavy atom. The fourth-order valence-corrected chi connectivity index (χ4v) is 3.56. The summed E-state index contributed by atoms with van der Waals surface area (Å²) in [5.41, 5.74) is 4.98. The van der Waals surface area contributed by atoms with Crippen LogP contribution in [0.2, 0.25) is 0 Å². The van der Waals surface area contributed by atoms with Gasteiger partial charge in [-0.15, -0.1) is 0 Å². The van der Waals surface area contributed by atoms with E-state index < -0.39 is 21.5 Å². The van der Waals surface area contributed by atoms with Gasteiger partial charge in [-0.05, 0) is 26.0 Å². The number of carbonyl (C=O) groups excluding carboxylic acids is 1. The Morgan fingerprint density at radius 1 is 1.35 bits per heavy atom. The monoisotopic (exact) mass is 298 g/mol. The maximum atomic E-state index is 12.5. The molecular weight excluding hydrogens is 280 g/mol. The van der Waals surface area contributed by atoms with Crippen molar-refractivity contribution >= 4 is 15.9 Å². The van der Waals surface area contributed by atoms with Gasteiger partial charge >= 0.3 is 0 Å². The minimum Gasteiger partial charge on any atom is -0.367 e. The molecule has 1 heterocycles. The van der Waals surface area contributed by atoms with Crippen LogP contribution in [0.5, 0.6) is 0 Å². The Morgan fingerprint density at radius 2 is 1.95 bits per heavy atom. The van der Waals surface area contributed by atoms with Crippen molar-refractivity contribution in [3.63, 3.8) is 0 Å². The third-order valence-electron chi connectivity index (χ3n) is 3.42. The van der Waals surface area contributed by atoms with Gasteiger partial charge in [-0.2, -0.15) is 4.31 Å². The first-order valence-electron chi connectivity index (χ1n) is 6.26. The highest BCUT2D eigenvalue weighted by atomic mass is 32.2. The summed E-state index contributed by atoms with van der Waals surface area (Å²) in [7, 11) is -3.64. The predicted octanol–water partition coefficient (Wildman–Crippen LogP) is 0.260. The van der Waals surface area contributed by atoms with Crippen molar-refractivity contribution in [2.45, 2.75) is 24.3 Å². The second kappa shape index (κ2) is 5.16. The number of hydrogen-bond acceptors (Lipinski definition) is 4. The molecule has 110 valence electrons. The lowest BCUT2D eigenvalue weighted by molar-refractivity contribution is -0.148. The molecule has 1 fully saturated rings. The molecule has 2 rings (SSSR count). The van der Waals surface area contributed by atoms with Crippen LogP contribution in [0.15, 0.2) is 29.2 Å². The summed E-state index contributed by atoms with van der Waals surface area (Å²) in [6.07, 6.45) is 0. The Bertz CT molecular complexity index is 612. The SMILES string of the molecule is Cc1ccc(S(=O)(=O)N2CCOC(C)(C(N)=O)C2)cc1. The molecule has 6 nitrogen and oxygen atoms in total. The van der Waals surface area contributed by atoms with E-state index in [2.05, 4.69) is 0 Å². The Kier molecular flexibility index (Phi) is 3.86. The molecule has 7 heteroatoms. The van der Waals surface area contributed by atoms with Crippen molar-refractivity contribution in [2.24, 2.45) is 5.73 Å². The standard InChI is InChI=1S/C13H18N2O4S/c1-10-3-5-11(6-4-10)20(17,18)15-7-8-19-13(2,9-15)12(14)16/h3-6H,7-9H2,1-2H3,(H2,14,16). The van der Waals surface area contributed by atoms with Gasteiger partial charge < -0.3 is 10.5 Å². The largest absolute Gasteiger partial charge is 0.367 e. The second-order valence-corrected chi connectivity index (χ2v) is 7.03. The minimum atomic E-state index is -3.64. The molecule has 0 radical (unpaired) electrons. The lowest BCUT2D eigenvalue weighted by atomic mass is 10.1. The highest BCUT2D eigenvalue weighted by molar-refractivity contribution is 7.89. The van der Waals surface area contributed by atoms with Crippen LogP contribution < -0.4 is 5.73 Å². The van der Waals surface area contributed by atoms with Crippen LogP contribution in [-0.4, -0.2) is 43.9 Å². The molecule has 1 unspecified atom stereocenters. The van der Waals surface area contributed by atoms with Crippen LogP contribution in [0.25, 0.3) is 0 Å². The van der Waals surface area contributed by atoms with Gasteiger partial charge in [0.1, 0.15) is 0 Å². The number of ether oxygens (including phenoxy) is 1. The van der Waals surface area contributed by atoms with Crippen molar-refractivity contribution in [3.8, 4) is 0 Å². The van der Waals surface area contributed by atoms with E-state index in [1.165, 1.54) is 11.2 Å². The summed E-state index contributed by atoms with van der Waals surface area (Å²) in [6.45, 7) is 3.67. The van der Waals surface area contributed by atoms with Gasteiger partial charge in [0.15, 0.2) is 5.60 Å². The smallest absolute Gasteiger partial charge is 0.250 e. The van der Waals surface area contributed by atoms with Crippen molar-refractivity contribution in [1.82, 2.24) is 4.31 Å². The summed E-state index contributed by atoms with van der Waals surface area (Å²) in [4.78, 5) is 11.6. The van der Waals surface area contributed by atoms with Crippen molar-refractivity contribution in [1.29, 1.82) is 0 Å². The van der Waals surface area contributed by atoms with Gasteiger partial charge in [0.25, 0.3) is 5.91 Å². The first kappa shape index (κ1) is 15.0. The molecule has 1 amide bonds. The summed E-state index contributed by atoms with van der Waals surface area (Å²) >= 11 is 0. The molecule has 1 aliphatic rings. The molecule has 0 bridgehead atoms. The summed E-state index contributed by atoms with van der Waals surface area (Å²) in [5, 5.41) is 0. The zero-order valence-electron chi connectivity index (χ0n) is 11.5. The van der Waals surface area contributed by atoms with E-state index in [-0.39, 0.29) is 24.6 Å².